The summed E-state index contributed by atoms with van der Waals surface area (Å²) in [6, 6.07) is 0.777. The average Bonchev–Trinajstić information content (AvgIpc) is 3.38. The van der Waals surface area contributed by atoms with Crippen LogP contribution >= 0.6 is 0 Å². The van der Waals surface area contributed by atoms with Crippen molar-refractivity contribution in [3.05, 3.63) is 12.2 Å². The molecule has 3 rings (SSSR count). The van der Waals surface area contributed by atoms with Gasteiger partial charge in [-0.2, -0.15) is 0 Å². The van der Waals surface area contributed by atoms with Gasteiger partial charge < -0.3 is 30.0 Å². The van der Waals surface area contributed by atoms with Crippen LogP contribution in [-0.2, 0) is 33.4 Å². The molecular formula is C34H62N2O8. The zero-order valence-corrected chi connectivity index (χ0v) is 29.1. The van der Waals surface area contributed by atoms with Crippen molar-refractivity contribution in [2.75, 3.05) is 35.0 Å². The molecule has 256 valence electrons. The average molecular weight is 627 g/mol. The minimum Gasteiger partial charge on any atom is -0.469 e. The summed E-state index contributed by atoms with van der Waals surface area (Å²) in [6.07, 6.45) is 7.69. The van der Waals surface area contributed by atoms with Crippen LogP contribution in [0.1, 0.15) is 92.9 Å². The Kier molecular flexibility index (Phi) is 20.1. The molecule has 1 saturated heterocycles. The third-order valence-electron chi connectivity index (χ3n) is 9.21. The summed E-state index contributed by atoms with van der Waals surface area (Å²) in [5.74, 6) is 2.76. The number of esters is 3. The first-order valence-corrected chi connectivity index (χ1v) is 16.1. The Morgan fingerprint density at radius 2 is 1.41 bits per heavy atom. The molecule has 1 aliphatic heterocycles. The van der Waals surface area contributed by atoms with Gasteiger partial charge in [-0.25, -0.2) is 4.79 Å². The maximum Gasteiger partial charge on any atom is 0.333 e. The van der Waals surface area contributed by atoms with E-state index in [-0.39, 0.29) is 29.8 Å². The maximum atomic E-state index is 12.3. The second-order valence-corrected chi connectivity index (χ2v) is 13.2. The molecule has 44 heavy (non-hydrogen) atoms. The minimum absolute atomic E-state index is 0.0966. The molecule has 0 aromatic rings. The Morgan fingerprint density at radius 1 is 0.886 bits per heavy atom. The van der Waals surface area contributed by atoms with Crippen LogP contribution in [0.2, 0.25) is 0 Å². The lowest BCUT2D eigenvalue weighted by Crippen LogP contribution is -2.46. The van der Waals surface area contributed by atoms with Gasteiger partial charge in [0.25, 0.3) is 0 Å². The van der Waals surface area contributed by atoms with Gasteiger partial charge in [-0.1, -0.05) is 61.0 Å². The smallest absolute Gasteiger partial charge is 0.333 e. The zero-order chi connectivity index (χ0) is 34.1. The Balaban J connectivity index is 0.000000660. The van der Waals surface area contributed by atoms with Crippen molar-refractivity contribution >= 4 is 23.8 Å². The quantitative estimate of drug-likeness (QED) is 0.232. The highest BCUT2D eigenvalue weighted by Gasteiger charge is 2.43. The zero-order valence-electron chi connectivity index (χ0n) is 29.1. The van der Waals surface area contributed by atoms with Gasteiger partial charge in [0.15, 0.2) is 0 Å². The number of nitrogens with two attached hydrogens (primary N) is 1. The fourth-order valence-corrected chi connectivity index (χ4v) is 6.63. The summed E-state index contributed by atoms with van der Waals surface area (Å²) in [7, 11) is 4.87. The lowest BCUT2D eigenvalue weighted by molar-refractivity contribution is -0.145. The maximum absolute atomic E-state index is 12.3. The number of nitrogens with zero attached hydrogens (tertiary/aromatic N) is 1. The number of aliphatic hydroxyl groups excluding tert-OH is 1. The third kappa shape index (κ3) is 13.7. The van der Waals surface area contributed by atoms with Gasteiger partial charge >= 0.3 is 17.9 Å². The van der Waals surface area contributed by atoms with E-state index in [9.17, 15) is 19.2 Å². The molecule has 7 unspecified atom stereocenters. The molecule has 10 nitrogen and oxygen atoms in total. The van der Waals surface area contributed by atoms with E-state index in [4.69, 9.17) is 15.6 Å². The van der Waals surface area contributed by atoms with E-state index in [1.54, 1.807) is 0 Å². The summed E-state index contributed by atoms with van der Waals surface area (Å²) in [5.41, 5.74) is 6.17. The van der Waals surface area contributed by atoms with Crippen molar-refractivity contribution in [3.63, 3.8) is 0 Å². The predicted octanol–water partition coefficient (Wildman–Crippen LogP) is 4.76. The topological polar surface area (TPSA) is 145 Å². The molecule has 0 radical (unpaired) electrons. The largest absolute Gasteiger partial charge is 0.469 e. The van der Waals surface area contributed by atoms with E-state index in [2.05, 4.69) is 57.6 Å². The Hall–Kier alpha value is -2.46. The molecule has 1 heterocycles. The molecule has 10 heteroatoms. The molecule has 1 amide bonds. The van der Waals surface area contributed by atoms with Crippen LogP contribution in [0.4, 0.5) is 0 Å². The fourth-order valence-electron chi connectivity index (χ4n) is 6.63. The summed E-state index contributed by atoms with van der Waals surface area (Å²) in [6.45, 7) is 17.5. The van der Waals surface area contributed by atoms with E-state index in [1.807, 2.05) is 4.90 Å². The van der Waals surface area contributed by atoms with Crippen LogP contribution < -0.4 is 5.73 Å². The SMILES string of the molecule is C=C(CC(=O)OC)C(=O)OC.CC1CCC(C(C)C)C(N)C1.CO.COC(=O)C1CC(=O)N(C2CC(C)CCC2C(C)C)C1. The second kappa shape index (κ2) is 21.3. The van der Waals surface area contributed by atoms with Crippen LogP contribution in [0.15, 0.2) is 12.2 Å². The van der Waals surface area contributed by atoms with E-state index >= 15 is 0 Å². The monoisotopic (exact) mass is 626 g/mol. The summed E-state index contributed by atoms with van der Waals surface area (Å²) in [5, 5.41) is 7.00. The standard InChI is InChI=1S/C16H27NO3.C10H21N.C7H10O4.CH4O/c1-10(2)13-6-5-11(3)7-14(13)17-9-12(8-15(17)18)16(19)20-4;1-7(2)9-5-4-8(3)6-10(9)11;1-5(7(9)11-3)4-6(8)10-2;1-2/h10-14H,5-9H2,1-4H3;7-10H,4-6,11H2,1-3H3;1,4H2,2-3H3;2H,1H3. The number of likely N-dealkylation sites (tertiary alicyclic amines) is 1. The fraction of sp³-hybridized carbons (Fsp3) is 0.824. The van der Waals surface area contributed by atoms with Crippen molar-refractivity contribution < 1.29 is 38.5 Å². The van der Waals surface area contributed by atoms with Crippen LogP contribution in [0.5, 0.6) is 0 Å². The molecule has 0 spiro atoms. The number of methoxy groups -OCH3 is 3. The van der Waals surface area contributed by atoms with Gasteiger partial charge in [-0.3, -0.25) is 14.4 Å². The predicted molar refractivity (Wildman–Crippen MR) is 172 cm³/mol. The number of amides is 1. The molecule has 3 fully saturated rings. The molecule has 0 bridgehead atoms. The molecular weight excluding hydrogens is 564 g/mol. The highest BCUT2D eigenvalue weighted by atomic mass is 16.5. The highest BCUT2D eigenvalue weighted by Crippen LogP contribution is 2.39. The van der Waals surface area contributed by atoms with E-state index < -0.39 is 11.9 Å². The first-order valence-electron chi connectivity index (χ1n) is 16.1. The lowest BCUT2D eigenvalue weighted by atomic mass is 9.73. The number of carbonyl (C=O) groups is 4. The first-order chi connectivity index (χ1) is 20.7. The lowest BCUT2D eigenvalue weighted by Gasteiger charge is -2.42. The van der Waals surface area contributed by atoms with E-state index in [0.717, 1.165) is 31.3 Å². The highest BCUT2D eigenvalue weighted by molar-refractivity contribution is 5.93. The van der Waals surface area contributed by atoms with Crippen molar-refractivity contribution in [1.29, 1.82) is 0 Å². The van der Waals surface area contributed by atoms with Gasteiger partial charge in [-0.15, -0.1) is 0 Å². The van der Waals surface area contributed by atoms with Gasteiger partial charge in [0.1, 0.15) is 0 Å². The molecule has 2 saturated carbocycles. The molecule has 7 atom stereocenters. The van der Waals surface area contributed by atoms with E-state index in [1.165, 1.54) is 53.4 Å². The summed E-state index contributed by atoms with van der Waals surface area (Å²) >= 11 is 0. The van der Waals surface area contributed by atoms with E-state index in [0.29, 0.717) is 42.8 Å². The van der Waals surface area contributed by atoms with Crippen LogP contribution in [-0.4, -0.2) is 80.9 Å². The van der Waals surface area contributed by atoms with Gasteiger partial charge in [0.2, 0.25) is 5.91 Å². The van der Waals surface area contributed by atoms with Crippen molar-refractivity contribution in [2.24, 2.45) is 47.2 Å². The Bertz CT molecular complexity index is 906. The number of hydrogen-bond acceptors (Lipinski definition) is 9. The molecule has 0 aromatic heterocycles. The van der Waals surface area contributed by atoms with Crippen LogP contribution in [0.25, 0.3) is 0 Å². The van der Waals surface area contributed by atoms with Crippen molar-refractivity contribution in [3.8, 4) is 0 Å². The van der Waals surface area contributed by atoms with Crippen molar-refractivity contribution in [1.82, 2.24) is 4.90 Å². The molecule has 0 aromatic carbocycles. The number of rotatable bonds is 7. The van der Waals surface area contributed by atoms with Gasteiger partial charge in [0.05, 0.1) is 33.7 Å². The minimum atomic E-state index is -0.588. The Morgan fingerprint density at radius 3 is 1.86 bits per heavy atom. The van der Waals surface area contributed by atoms with Gasteiger partial charge in [-0.05, 0) is 61.2 Å². The van der Waals surface area contributed by atoms with Gasteiger partial charge in [0, 0.05) is 37.7 Å². The normalized spacial score (nSPS) is 27.9. The number of ether oxygens (including phenoxy) is 3. The number of carbonyl (C=O) groups excluding carboxylic acids is 4. The van der Waals surface area contributed by atoms with Crippen molar-refractivity contribution in [2.45, 2.75) is 105 Å². The van der Waals surface area contributed by atoms with Crippen LogP contribution in [0.3, 0.4) is 0 Å². The molecule has 3 aliphatic rings. The summed E-state index contributed by atoms with van der Waals surface area (Å²) in [4.78, 5) is 47.1. The second-order valence-electron chi connectivity index (χ2n) is 13.2. The molecule has 3 N–H and O–H groups in total. The first kappa shape index (κ1) is 41.5. The third-order valence-corrected chi connectivity index (χ3v) is 9.21. The number of hydrogen-bond donors (Lipinski definition) is 2. The summed E-state index contributed by atoms with van der Waals surface area (Å²) < 4.78 is 13.4. The number of aliphatic hydroxyl groups is 1. The van der Waals surface area contributed by atoms with Crippen LogP contribution in [0, 0.1) is 41.4 Å². The molecule has 2 aliphatic carbocycles. The Labute approximate surface area is 266 Å².